The smallest absolute Gasteiger partial charge is 0.354 e. The Kier molecular flexibility index (Phi) is 2.77. The highest BCUT2D eigenvalue weighted by Gasteiger charge is 2.37. The summed E-state index contributed by atoms with van der Waals surface area (Å²) in [5, 5.41) is 1.17. The van der Waals surface area contributed by atoms with Crippen molar-refractivity contribution in [2.45, 2.75) is 6.18 Å². The van der Waals surface area contributed by atoms with E-state index in [4.69, 9.17) is 0 Å². The molecule has 0 fully saturated rings. The summed E-state index contributed by atoms with van der Waals surface area (Å²) < 4.78 is 68.9. The SMILES string of the molecule is Fc1ccc2[nH]c3c(C(F)(F)F)c4[nH]c5ccc(F)cc5c4cc3c2c1. The largest absolute Gasteiger partial charge is 0.420 e. The zero-order valence-corrected chi connectivity index (χ0v) is 12.9. The first kappa shape index (κ1) is 15.2. The molecular weight excluding hydrogens is 351 g/mol. The molecule has 5 aromatic rings. The minimum Gasteiger partial charge on any atom is -0.354 e. The van der Waals surface area contributed by atoms with Gasteiger partial charge >= 0.3 is 6.18 Å². The first-order valence-electron chi connectivity index (χ1n) is 7.75. The van der Waals surface area contributed by atoms with E-state index in [1.165, 1.54) is 42.5 Å². The van der Waals surface area contributed by atoms with Gasteiger partial charge in [-0.05, 0) is 42.5 Å². The molecule has 3 aromatic carbocycles. The maximum atomic E-state index is 13.9. The summed E-state index contributed by atoms with van der Waals surface area (Å²) in [6.45, 7) is 0. The second-order valence-electron chi connectivity index (χ2n) is 6.22. The molecule has 130 valence electrons. The molecule has 0 atom stereocenters. The van der Waals surface area contributed by atoms with Crippen LogP contribution in [-0.2, 0) is 6.18 Å². The summed E-state index contributed by atoms with van der Waals surface area (Å²) in [5.41, 5.74) is -0.335. The van der Waals surface area contributed by atoms with E-state index in [-0.39, 0.29) is 21.8 Å². The van der Waals surface area contributed by atoms with Gasteiger partial charge in [0.05, 0.1) is 11.0 Å². The predicted octanol–water partition coefficient (Wildman–Crippen LogP) is 6.25. The van der Waals surface area contributed by atoms with Crippen LogP contribution in [0.5, 0.6) is 0 Å². The molecule has 0 saturated carbocycles. The fraction of sp³-hybridized carbons (Fsp3) is 0.0526. The van der Waals surface area contributed by atoms with Crippen molar-refractivity contribution in [1.29, 1.82) is 0 Å². The van der Waals surface area contributed by atoms with Gasteiger partial charge in [0.25, 0.3) is 0 Å². The lowest BCUT2D eigenvalue weighted by Crippen LogP contribution is -2.07. The molecule has 2 aromatic heterocycles. The van der Waals surface area contributed by atoms with Crippen LogP contribution >= 0.6 is 0 Å². The Labute approximate surface area is 142 Å². The van der Waals surface area contributed by atoms with Gasteiger partial charge in [-0.25, -0.2) is 8.78 Å². The van der Waals surface area contributed by atoms with E-state index in [1.807, 2.05) is 0 Å². The van der Waals surface area contributed by atoms with Crippen LogP contribution in [0.1, 0.15) is 5.56 Å². The molecule has 0 radical (unpaired) electrons. The topological polar surface area (TPSA) is 31.6 Å². The van der Waals surface area contributed by atoms with Gasteiger partial charge in [0.1, 0.15) is 17.2 Å². The van der Waals surface area contributed by atoms with Crippen LogP contribution in [0.25, 0.3) is 43.6 Å². The molecule has 0 aliphatic rings. The lowest BCUT2D eigenvalue weighted by atomic mass is 10.0. The van der Waals surface area contributed by atoms with E-state index in [0.29, 0.717) is 21.8 Å². The Hall–Kier alpha value is -3.09. The Morgan fingerprint density at radius 1 is 0.615 bits per heavy atom. The van der Waals surface area contributed by atoms with Crippen LogP contribution < -0.4 is 0 Å². The van der Waals surface area contributed by atoms with Crippen LogP contribution in [-0.4, -0.2) is 9.97 Å². The van der Waals surface area contributed by atoms with Gasteiger partial charge in [-0.1, -0.05) is 0 Å². The molecule has 0 saturated heterocycles. The summed E-state index contributed by atoms with van der Waals surface area (Å²) in [7, 11) is 0. The Morgan fingerprint density at radius 2 is 1.08 bits per heavy atom. The second kappa shape index (κ2) is 4.75. The van der Waals surface area contributed by atoms with Crippen LogP contribution in [0.2, 0.25) is 0 Å². The normalized spacial score (nSPS) is 12.8. The van der Waals surface area contributed by atoms with Crippen LogP contribution in [0.4, 0.5) is 22.0 Å². The number of hydrogen-bond donors (Lipinski definition) is 2. The number of H-pyrrole nitrogens is 2. The number of hydrogen-bond acceptors (Lipinski definition) is 0. The van der Waals surface area contributed by atoms with Gasteiger partial charge in [0.2, 0.25) is 0 Å². The minimum absolute atomic E-state index is 0.127. The molecule has 0 bridgehead atoms. The first-order valence-corrected chi connectivity index (χ1v) is 7.75. The van der Waals surface area contributed by atoms with Crippen molar-refractivity contribution in [1.82, 2.24) is 9.97 Å². The quantitative estimate of drug-likeness (QED) is 0.306. The maximum Gasteiger partial charge on any atom is 0.420 e. The molecule has 2 N–H and O–H groups in total. The van der Waals surface area contributed by atoms with E-state index >= 15 is 0 Å². The van der Waals surface area contributed by atoms with E-state index < -0.39 is 23.4 Å². The summed E-state index contributed by atoms with van der Waals surface area (Å²) in [4.78, 5) is 5.49. The average Bonchev–Trinajstić information content (AvgIpc) is 3.09. The number of aromatic amines is 2. The van der Waals surface area contributed by atoms with E-state index in [0.717, 1.165) is 0 Å². The van der Waals surface area contributed by atoms with Crippen molar-refractivity contribution < 1.29 is 22.0 Å². The maximum absolute atomic E-state index is 13.9. The van der Waals surface area contributed by atoms with Crippen molar-refractivity contribution in [3.8, 4) is 0 Å². The highest BCUT2D eigenvalue weighted by Crippen LogP contribution is 2.43. The van der Waals surface area contributed by atoms with Crippen molar-refractivity contribution in [2.24, 2.45) is 0 Å². The molecule has 0 spiro atoms. The molecule has 0 aliphatic carbocycles. The number of fused-ring (bicyclic) bond motifs is 6. The lowest BCUT2D eigenvalue weighted by molar-refractivity contribution is -0.135. The number of rotatable bonds is 0. The Bertz CT molecular complexity index is 1250. The van der Waals surface area contributed by atoms with Gasteiger partial charge in [-0.15, -0.1) is 0 Å². The van der Waals surface area contributed by atoms with Crippen molar-refractivity contribution in [3.05, 3.63) is 59.7 Å². The summed E-state index contributed by atoms with van der Waals surface area (Å²) in [6, 6.07) is 9.08. The Morgan fingerprint density at radius 3 is 1.50 bits per heavy atom. The first-order chi connectivity index (χ1) is 12.3. The zero-order valence-electron chi connectivity index (χ0n) is 12.9. The fourth-order valence-corrected chi connectivity index (χ4v) is 3.62. The number of aromatic nitrogens is 2. The molecular formula is C19H9F5N2. The molecule has 5 rings (SSSR count). The van der Waals surface area contributed by atoms with Crippen molar-refractivity contribution >= 4 is 43.6 Å². The number of alkyl halides is 3. The fourth-order valence-electron chi connectivity index (χ4n) is 3.62. The Balaban J connectivity index is 2.09. The van der Waals surface area contributed by atoms with Crippen LogP contribution in [0.15, 0.2) is 42.5 Å². The van der Waals surface area contributed by atoms with Crippen molar-refractivity contribution in [3.63, 3.8) is 0 Å². The molecule has 2 nitrogen and oxygen atoms in total. The summed E-state index contributed by atoms with van der Waals surface area (Å²) in [5.74, 6) is -1.09. The van der Waals surface area contributed by atoms with Gasteiger partial charge in [0, 0.05) is 32.6 Å². The molecule has 2 heterocycles. The van der Waals surface area contributed by atoms with Crippen LogP contribution in [0, 0.1) is 11.6 Å². The summed E-state index contributed by atoms with van der Waals surface area (Å²) in [6.07, 6.45) is -4.66. The molecule has 0 unspecified atom stereocenters. The average molecular weight is 360 g/mol. The second-order valence-corrected chi connectivity index (χ2v) is 6.22. The van der Waals surface area contributed by atoms with Gasteiger partial charge in [-0.2, -0.15) is 13.2 Å². The predicted molar refractivity (Wildman–Crippen MR) is 90.1 cm³/mol. The third kappa shape index (κ3) is 1.97. The molecule has 0 amide bonds. The zero-order chi connectivity index (χ0) is 18.2. The minimum atomic E-state index is -4.66. The van der Waals surface area contributed by atoms with Crippen LogP contribution in [0.3, 0.4) is 0 Å². The van der Waals surface area contributed by atoms with E-state index in [1.54, 1.807) is 0 Å². The molecule has 26 heavy (non-hydrogen) atoms. The van der Waals surface area contributed by atoms with Gasteiger partial charge in [0.15, 0.2) is 0 Å². The third-order valence-electron chi connectivity index (χ3n) is 4.67. The monoisotopic (exact) mass is 360 g/mol. The van der Waals surface area contributed by atoms with Crippen molar-refractivity contribution in [2.75, 3.05) is 0 Å². The lowest BCUT2D eigenvalue weighted by Gasteiger charge is -2.10. The highest BCUT2D eigenvalue weighted by atomic mass is 19.4. The summed E-state index contributed by atoms with van der Waals surface area (Å²) >= 11 is 0. The molecule has 0 aliphatic heterocycles. The van der Waals surface area contributed by atoms with E-state index in [9.17, 15) is 22.0 Å². The number of benzene rings is 3. The number of nitrogens with one attached hydrogen (secondary N) is 2. The standard InChI is InChI=1S/C19H9F5N2/c20-8-1-3-14-10(5-8)12-7-13-11-6-9(21)2-4-15(11)26-18(13)16(17(12)25-14)19(22,23)24/h1-7,25-26H. The van der Waals surface area contributed by atoms with E-state index in [2.05, 4.69) is 9.97 Å². The van der Waals surface area contributed by atoms with Gasteiger partial charge < -0.3 is 9.97 Å². The van der Waals surface area contributed by atoms with Gasteiger partial charge in [-0.3, -0.25) is 0 Å². The third-order valence-corrected chi connectivity index (χ3v) is 4.67. The molecule has 7 heteroatoms. The highest BCUT2D eigenvalue weighted by molar-refractivity contribution is 6.19. The number of halogens is 5.